The van der Waals surface area contributed by atoms with Gasteiger partial charge in [-0.1, -0.05) is 114 Å². The zero-order chi connectivity index (χ0) is 42.2. The maximum Gasteiger partial charge on any atom is 0.119 e. The summed E-state index contributed by atoms with van der Waals surface area (Å²) < 4.78 is 12.4. The monoisotopic (exact) mass is 796 g/mol. The molecule has 0 bridgehead atoms. The number of rotatable bonds is 18. The summed E-state index contributed by atoms with van der Waals surface area (Å²) in [5.74, 6) is 2.59. The first-order valence-corrected chi connectivity index (χ1v) is 22.5. The Bertz CT molecular complexity index is 2290. The van der Waals surface area contributed by atoms with Gasteiger partial charge in [-0.3, -0.25) is 0 Å². The Hall–Kier alpha value is -5.74. The van der Waals surface area contributed by atoms with Crippen LogP contribution in [0.3, 0.4) is 0 Å². The highest BCUT2D eigenvalue weighted by Gasteiger charge is 2.27. The van der Waals surface area contributed by atoms with Crippen molar-refractivity contribution in [1.29, 1.82) is 0 Å². The number of benzene rings is 7. The molecule has 0 aliphatic carbocycles. The van der Waals surface area contributed by atoms with Gasteiger partial charge in [0.2, 0.25) is 0 Å². The van der Waals surface area contributed by atoms with E-state index in [9.17, 15) is 0 Å². The van der Waals surface area contributed by atoms with E-state index in [1.807, 2.05) is 0 Å². The fourth-order valence-electron chi connectivity index (χ4n) is 8.04. The van der Waals surface area contributed by atoms with Crippen LogP contribution >= 0.6 is 0 Å². The van der Waals surface area contributed by atoms with E-state index in [2.05, 4.69) is 199 Å². The number of aryl methyl sites for hydroxylation is 2. The minimum absolute atomic E-state index is 0.398. The van der Waals surface area contributed by atoms with Crippen molar-refractivity contribution in [3.05, 3.63) is 156 Å². The minimum Gasteiger partial charge on any atom is -0.494 e. The Morgan fingerprint density at radius 2 is 0.750 bits per heavy atom. The lowest BCUT2D eigenvalue weighted by Crippen LogP contribution is -2.15. The van der Waals surface area contributed by atoms with Crippen molar-refractivity contribution in [2.75, 3.05) is 23.0 Å². The number of nitrogens with zero attached hydrogens (tertiary/aromatic N) is 2. The summed E-state index contributed by atoms with van der Waals surface area (Å²) in [4.78, 5) is 4.96. The summed E-state index contributed by atoms with van der Waals surface area (Å²) in [7, 11) is 0. The van der Waals surface area contributed by atoms with Crippen molar-refractivity contribution in [3.8, 4) is 11.5 Å². The van der Waals surface area contributed by atoms with E-state index in [0.29, 0.717) is 11.8 Å². The van der Waals surface area contributed by atoms with Gasteiger partial charge in [-0.05, 0) is 147 Å². The van der Waals surface area contributed by atoms with Gasteiger partial charge in [-0.25, -0.2) is 0 Å². The molecule has 310 valence electrons. The molecule has 4 nitrogen and oxygen atoms in total. The highest BCUT2D eigenvalue weighted by Crippen LogP contribution is 2.52. The molecule has 2 unspecified atom stereocenters. The van der Waals surface area contributed by atoms with E-state index in [-0.39, 0.29) is 0 Å². The Kier molecular flexibility index (Phi) is 13.8. The summed E-state index contributed by atoms with van der Waals surface area (Å²) in [6.07, 6.45) is 6.40. The molecule has 0 radical (unpaired) electrons. The molecular formula is C56H64N2O2. The molecule has 0 fully saturated rings. The van der Waals surface area contributed by atoms with Crippen LogP contribution in [0.1, 0.15) is 114 Å². The molecule has 0 N–H and O–H groups in total. The van der Waals surface area contributed by atoms with Crippen LogP contribution in [0, 0.1) is 13.8 Å². The zero-order valence-electron chi connectivity index (χ0n) is 37.2. The van der Waals surface area contributed by atoms with E-state index >= 15 is 0 Å². The maximum absolute atomic E-state index is 6.18. The van der Waals surface area contributed by atoms with Gasteiger partial charge < -0.3 is 19.3 Å². The van der Waals surface area contributed by atoms with Gasteiger partial charge in [-0.2, -0.15) is 0 Å². The topological polar surface area (TPSA) is 24.9 Å². The van der Waals surface area contributed by atoms with Crippen LogP contribution in [-0.4, -0.2) is 13.2 Å². The number of hydrogen-bond donors (Lipinski definition) is 0. The third-order valence-corrected chi connectivity index (χ3v) is 12.2. The van der Waals surface area contributed by atoms with Crippen LogP contribution in [0.5, 0.6) is 11.5 Å². The SMILES string of the molecule is CCCCOc1ccc(N(c2ccc(C)cc2)c2c3ccc(C(C)CC)cc3c(N(c3ccc(C)cc3)c3ccc(OCCCC)cc3)c3ccc(C(C)CC)cc23)cc1. The van der Waals surface area contributed by atoms with E-state index in [1.54, 1.807) is 0 Å². The third kappa shape index (κ3) is 9.19. The quantitative estimate of drug-likeness (QED) is 0.0491. The molecule has 0 aliphatic heterocycles. The van der Waals surface area contributed by atoms with Gasteiger partial charge in [0.25, 0.3) is 0 Å². The van der Waals surface area contributed by atoms with E-state index in [4.69, 9.17) is 9.47 Å². The fourth-order valence-corrected chi connectivity index (χ4v) is 8.04. The van der Waals surface area contributed by atoms with Crippen molar-refractivity contribution in [2.45, 2.75) is 106 Å². The lowest BCUT2D eigenvalue weighted by molar-refractivity contribution is 0.309. The standard InChI is InChI=1S/C56H64N2O2/c1-9-13-35-59-49-29-25-47(26-30-49)57(45-21-15-39(5)16-22-45)55-51-33-19-44(42(8)12-4)38-54(51)56(52-34-20-43(37-53(52)55)41(7)11-3)58(46-23-17-40(6)18-24-46)48-27-31-50(32-28-48)60-36-14-10-2/h15-34,37-38,41-42H,9-14,35-36H2,1-8H3. The number of ether oxygens (including phenoxy) is 2. The van der Waals surface area contributed by atoms with Crippen molar-refractivity contribution < 1.29 is 9.47 Å². The van der Waals surface area contributed by atoms with Gasteiger partial charge >= 0.3 is 0 Å². The summed E-state index contributed by atoms with van der Waals surface area (Å²) in [5, 5.41) is 4.83. The number of fused-ring (bicyclic) bond motifs is 2. The molecule has 2 atom stereocenters. The van der Waals surface area contributed by atoms with Crippen LogP contribution in [0.15, 0.2) is 133 Å². The summed E-state index contributed by atoms with van der Waals surface area (Å²) >= 11 is 0. The molecule has 4 heteroatoms. The van der Waals surface area contributed by atoms with Gasteiger partial charge in [0.1, 0.15) is 11.5 Å². The predicted molar refractivity (Wildman–Crippen MR) is 259 cm³/mol. The van der Waals surface area contributed by atoms with E-state index in [0.717, 1.165) is 86.0 Å². The summed E-state index contributed by atoms with van der Waals surface area (Å²) in [6, 6.07) is 49.9. The number of unbranched alkanes of at least 4 members (excludes halogenated alkanes) is 2. The maximum atomic E-state index is 6.18. The Morgan fingerprint density at radius 3 is 1.07 bits per heavy atom. The van der Waals surface area contributed by atoms with Crippen LogP contribution in [0.2, 0.25) is 0 Å². The third-order valence-electron chi connectivity index (χ3n) is 12.2. The Balaban J connectivity index is 1.59. The Morgan fingerprint density at radius 1 is 0.417 bits per heavy atom. The smallest absolute Gasteiger partial charge is 0.119 e. The van der Waals surface area contributed by atoms with Crippen molar-refractivity contribution >= 4 is 55.7 Å². The number of anilines is 6. The predicted octanol–water partition coefficient (Wildman–Crippen LogP) is 16.9. The van der Waals surface area contributed by atoms with Crippen molar-refractivity contribution in [3.63, 3.8) is 0 Å². The second kappa shape index (κ2) is 19.5. The Labute approximate surface area is 359 Å². The second-order valence-electron chi connectivity index (χ2n) is 16.7. The molecule has 7 aromatic rings. The molecule has 7 rings (SSSR count). The molecule has 60 heavy (non-hydrogen) atoms. The van der Waals surface area contributed by atoms with Crippen molar-refractivity contribution in [2.24, 2.45) is 0 Å². The molecule has 0 aliphatic rings. The normalized spacial score (nSPS) is 12.4. The van der Waals surface area contributed by atoms with Gasteiger partial charge in [-0.15, -0.1) is 0 Å². The number of hydrogen-bond acceptors (Lipinski definition) is 4. The molecule has 0 spiro atoms. The van der Waals surface area contributed by atoms with E-state index < -0.39 is 0 Å². The van der Waals surface area contributed by atoms with Crippen LogP contribution < -0.4 is 19.3 Å². The first kappa shape index (κ1) is 42.4. The van der Waals surface area contributed by atoms with Crippen molar-refractivity contribution in [1.82, 2.24) is 0 Å². The largest absolute Gasteiger partial charge is 0.494 e. The van der Waals surface area contributed by atoms with Crippen LogP contribution in [0.25, 0.3) is 21.5 Å². The van der Waals surface area contributed by atoms with Crippen LogP contribution in [-0.2, 0) is 0 Å². The first-order chi connectivity index (χ1) is 29.2. The summed E-state index contributed by atoms with van der Waals surface area (Å²) in [6.45, 7) is 19.4. The van der Waals surface area contributed by atoms with Gasteiger partial charge in [0.15, 0.2) is 0 Å². The minimum atomic E-state index is 0.398. The lowest BCUT2D eigenvalue weighted by atomic mass is 9.88. The first-order valence-electron chi connectivity index (χ1n) is 22.5. The second-order valence-corrected chi connectivity index (χ2v) is 16.7. The molecule has 0 amide bonds. The molecule has 0 heterocycles. The highest BCUT2D eigenvalue weighted by molar-refractivity contribution is 6.23. The average Bonchev–Trinajstić information content (AvgIpc) is 3.28. The fraction of sp³-hybridized carbons (Fsp3) is 0.321. The van der Waals surface area contributed by atoms with E-state index in [1.165, 1.54) is 55.2 Å². The molecule has 0 saturated carbocycles. The zero-order valence-corrected chi connectivity index (χ0v) is 37.2. The molecule has 0 aromatic heterocycles. The van der Waals surface area contributed by atoms with Crippen LogP contribution in [0.4, 0.5) is 34.1 Å². The van der Waals surface area contributed by atoms with Gasteiger partial charge in [0, 0.05) is 44.3 Å². The lowest BCUT2D eigenvalue weighted by Gasteiger charge is -2.33. The molecule has 0 saturated heterocycles. The molecule has 7 aromatic carbocycles. The highest BCUT2D eigenvalue weighted by atomic mass is 16.5. The molecular weight excluding hydrogens is 733 g/mol. The average molecular weight is 797 g/mol. The van der Waals surface area contributed by atoms with Gasteiger partial charge in [0.05, 0.1) is 24.6 Å². The summed E-state index contributed by atoms with van der Waals surface area (Å²) in [5.41, 5.74) is 11.9.